The second-order valence-corrected chi connectivity index (χ2v) is 4.88. The number of aliphatic hydroxyl groups excluding tert-OH is 1. The van der Waals surface area contributed by atoms with Gasteiger partial charge in [-0.3, -0.25) is 4.79 Å². The molecular formula is C13H14N2O3S. The second kappa shape index (κ2) is 6.86. The van der Waals surface area contributed by atoms with E-state index in [1.807, 2.05) is 30.3 Å². The lowest BCUT2D eigenvalue weighted by molar-refractivity contribution is -0.123. The number of hydrogen-bond acceptors (Lipinski definition) is 5. The molecule has 0 saturated carbocycles. The van der Waals surface area contributed by atoms with Crippen LogP contribution in [0.1, 0.15) is 10.4 Å². The van der Waals surface area contributed by atoms with Gasteiger partial charge in [0.1, 0.15) is 13.2 Å². The predicted octanol–water partition coefficient (Wildman–Crippen LogP) is 1.33. The van der Waals surface area contributed by atoms with Crippen molar-refractivity contribution >= 4 is 17.2 Å². The van der Waals surface area contributed by atoms with E-state index in [1.165, 1.54) is 11.3 Å². The second-order valence-electron chi connectivity index (χ2n) is 3.80. The summed E-state index contributed by atoms with van der Waals surface area (Å²) < 4.78 is 5.55. The maximum Gasteiger partial charge on any atom is 0.273 e. The van der Waals surface area contributed by atoms with Gasteiger partial charge < -0.3 is 15.2 Å². The molecule has 0 fully saturated rings. The molecule has 2 aromatic rings. The summed E-state index contributed by atoms with van der Waals surface area (Å²) in [5.41, 5.74) is 1.08. The van der Waals surface area contributed by atoms with Gasteiger partial charge in [-0.25, -0.2) is 4.98 Å². The summed E-state index contributed by atoms with van der Waals surface area (Å²) >= 11 is 1.37. The molecule has 0 radical (unpaired) electrons. The van der Waals surface area contributed by atoms with E-state index in [2.05, 4.69) is 10.3 Å². The van der Waals surface area contributed by atoms with Crippen LogP contribution in [0.3, 0.4) is 0 Å². The van der Waals surface area contributed by atoms with Gasteiger partial charge in [0.15, 0.2) is 0 Å². The summed E-state index contributed by atoms with van der Waals surface area (Å²) in [6.45, 7) is 0.318. The molecule has 0 unspecified atom stereocenters. The Balaban J connectivity index is 1.82. The van der Waals surface area contributed by atoms with E-state index < -0.39 is 12.5 Å². The lowest BCUT2D eigenvalue weighted by Crippen LogP contribution is -2.25. The highest BCUT2D eigenvalue weighted by molar-refractivity contribution is 7.13. The molecule has 1 heterocycles. The monoisotopic (exact) mass is 278 g/mol. The maximum absolute atomic E-state index is 10.9. The molecule has 6 heteroatoms. The van der Waals surface area contributed by atoms with Crippen molar-refractivity contribution in [1.82, 2.24) is 10.3 Å². The summed E-state index contributed by atoms with van der Waals surface area (Å²) in [5, 5.41) is 11.7. The summed E-state index contributed by atoms with van der Waals surface area (Å²) in [5.74, 6) is -0.403. The number of carbonyl (C=O) groups excluding carboxylic acids is 1. The van der Waals surface area contributed by atoms with Gasteiger partial charge in [0, 0.05) is 11.1 Å². The molecular weight excluding hydrogens is 264 g/mol. The molecule has 1 amide bonds. The average Bonchev–Trinajstić information content (AvgIpc) is 2.91. The zero-order valence-electron chi connectivity index (χ0n) is 10.2. The van der Waals surface area contributed by atoms with Crippen molar-refractivity contribution in [3.05, 3.63) is 47.0 Å². The van der Waals surface area contributed by atoms with E-state index in [4.69, 9.17) is 9.84 Å². The van der Waals surface area contributed by atoms with Gasteiger partial charge in [-0.2, -0.15) is 0 Å². The molecule has 19 heavy (non-hydrogen) atoms. The highest BCUT2D eigenvalue weighted by Crippen LogP contribution is 2.21. The highest BCUT2D eigenvalue weighted by atomic mass is 32.1. The number of nitrogens with zero attached hydrogens (tertiary/aromatic N) is 1. The molecule has 0 aliphatic carbocycles. The van der Waals surface area contributed by atoms with E-state index in [0.29, 0.717) is 18.3 Å². The molecule has 0 atom stereocenters. The molecule has 5 nitrogen and oxygen atoms in total. The van der Waals surface area contributed by atoms with Crippen LogP contribution >= 0.6 is 11.3 Å². The Morgan fingerprint density at radius 3 is 2.89 bits per heavy atom. The number of aliphatic hydroxyl groups is 1. The molecule has 0 spiro atoms. The third kappa shape index (κ3) is 4.35. The number of carbonyl (C=O) groups is 1. The summed E-state index contributed by atoms with van der Waals surface area (Å²) in [6, 6.07) is 9.83. The fourth-order valence-electron chi connectivity index (χ4n) is 1.40. The minimum atomic E-state index is -0.504. The number of rotatable bonds is 6. The van der Waals surface area contributed by atoms with Crippen molar-refractivity contribution in [2.45, 2.75) is 13.2 Å². The first-order chi connectivity index (χ1) is 9.28. The Hall–Kier alpha value is -1.92. The first kappa shape index (κ1) is 13.5. The standard InChI is InChI=1S/C13H14N2O3S/c16-8-12(17)14-6-11-7-15-13(19-11)18-9-10-4-2-1-3-5-10/h1-5,7,16H,6,8-9H2,(H,14,17). The van der Waals surface area contributed by atoms with E-state index >= 15 is 0 Å². The Labute approximate surface area is 114 Å². The Kier molecular flexibility index (Phi) is 4.88. The Morgan fingerprint density at radius 1 is 1.37 bits per heavy atom. The smallest absolute Gasteiger partial charge is 0.273 e. The van der Waals surface area contributed by atoms with Gasteiger partial charge in [-0.15, -0.1) is 0 Å². The summed E-state index contributed by atoms with van der Waals surface area (Å²) in [4.78, 5) is 15.9. The van der Waals surface area contributed by atoms with Crippen LogP contribution in [0.15, 0.2) is 36.5 Å². The van der Waals surface area contributed by atoms with Gasteiger partial charge in [-0.1, -0.05) is 41.7 Å². The topological polar surface area (TPSA) is 71.5 Å². The van der Waals surface area contributed by atoms with Crippen LogP contribution in [0, 0.1) is 0 Å². The van der Waals surface area contributed by atoms with Crippen LogP contribution in [-0.2, 0) is 17.9 Å². The largest absolute Gasteiger partial charge is 0.465 e. The summed E-state index contributed by atoms with van der Waals surface area (Å²) in [7, 11) is 0. The number of hydrogen-bond donors (Lipinski definition) is 2. The first-order valence-electron chi connectivity index (χ1n) is 5.77. The first-order valence-corrected chi connectivity index (χ1v) is 6.58. The van der Waals surface area contributed by atoms with Crippen molar-refractivity contribution in [2.24, 2.45) is 0 Å². The molecule has 1 aromatic carbocycles. The van der Waals surface area contributed by atoms with Gasteiger partial charge in [0.25, 0.3) is 5.19 Å². The number of benzene rings is 1. The zero-order chi connectivity index (χ0) is 13.5. The molecule has 2 N–H and O–H groups in total. The van der Waals surface area contributed by atoms with Gasteiger partial charge in [0.2, 0.25) is 5.91 Å². The number of aromatic nitrogens is 1. The van der Waals surface area contributed by atoms with Crippen molar-refractivity contribution < 1.29 is 14.6 Å². The van der Waals surface area contributed by atoms with E-state index in [0.717, 1.165) is 10.4 Å². The van der Waals surface area contributed by atoms with Crippen molar-refractivity contribution in [2.75, 3.05) is 6.61 Å². The average molecular weight is 278 g/mol. The Bertz CT molecular complexity index is 528. The summed E-state index contributed by atoms with van der Waals surface area (Å²) in [6.07, 6.45) is 1.66. The van der Waals surface area contributed by atoms with Crippen molar-refractivity contribution in [1.29, 1.82) is 0 Å². The third-order valence-corrected chi connectivity index (χ3v) is 3.25. The number of amides is 1. The SMILES string of the molecule is O=C(CO)NCc1cnc(OCc2ccccc2)s1. The Morgan fingerprint density at radius 2 is 2.16 bits per heavy atom. The fourth-order valence-corrected chi connectivity index (χ4v) is 2.10. The van der Waals surface area contributed by atoms with Crippen LogP contribution in [0.2, 0.25) is 0 Å². The third-order valence-electron chi connectivity index (χ3n) is 2.34. The van der Waals surface area contributed by atoms with Crippen LogP contribution in [-0.4, -0.2) is 22.6 Å². The van der Waals surface area contributed by atoms with E-state index in [9.17, 15) is 4.79 Å². The minimum Gasteiger partial charge on any atom is -0.465 e. The highest BCUT2D eigenvalue weighted by Gasteiger charge is 2.05. The maximum atomic E-state index is 10.9. The molecule has 100 valence electrons. The molecule has 0 aliphatic heterocycles. The van der Waals surface area contributed by atoms with E-state index in [1.54, 1.807) is 6.20 Å². The van der Waals surface area contributed by atoms with Gasteiger partial charge in [-0.05, 0) is 5.56 Å². The lowest BCUT2D eigenvalue weighted by atomic mass is 10.2. The van der Waals surface area contributed by atoms with Crippen LogP contribution < -0.4 is 10.1 Å². The molecule has 0 saturated heterocycles. The number of ether oxygens (including phenoxy) is 1. The van der Waals surface area contributed by atoms with Crippen molar-refractivity contribution in [3.63, 3.8) is 0 Å². The minimum absolute atomic E-state index is 0.353. The molecule has 1 aromatic heterocycles. The van der Waals surface area contributed by atoms with Gasteiger partial charge >= 0.3 is 0 Å². The van der Waals surface area contributed by atoms with Gasteiger partial charge in [0.05, 0.1) is 6.54 Å². The normalized spacial score (nSPS) is 10.2. The molecule has 0 bridgehead atoms. The number of thiazole rings is 1. The number of nitrogens with one attached hydrogen (secondary N) is 1. The molecule has 0 aliphatic rings. The molecule has 2 rings (SSSR count). The quantitative estimate of drug-likeness (QED) is 0.836. The van der Waals surface area contributed by atoms with Crippen molar-refractivity contribution in [3.8, 4) is 5.19 Å². The van der Waals surface area contributed by atoms with Crippen LogP contribution in [0.5, 0.6) is 5.19 Å². The lowest BCUT2D eigenvalue weighted by Gasteiger charge is -2.01. The van der Waals surface area contributed by atoms with E-state index in [-0.39, 0.29) is 0 Å². The van der Waals surface area contributed by atoms with Crippen LogP contribution in [0.25, 0.3) is 0 Å². The van der Waals surface area contributed by atoms with Crippen LogP contribution in [0.4, 0.5) is 0 Å². The fraction of sp³-hybridized carbons (Fsp3) is 0.231. The zero-order valence-corrected chi connectivity index (χ0v) is 11.0. The predicted molar refractivity (Wildman–Crippen MR) is 71.8 cm³/mol.